The Bertz CT molecular complexity index is 705. The maximum atomic E-state index is 13.3. The average Bonchev–Trinajstić information content (AvgIpc) is 2.96. The van der Waals surface area contributed by atoms with Crippen molar-refractivity contribution < 1.29 is 18.6 Å². The Hall–Kier alpha value is -0.740. The van der Waals surface area contributed by atoms with E-state index in [1.165, 1.54) is 141 Å². The number of carbonyl (C=O) groups is 2. The minimum absolute atomic E-state index is 0.168. The van der Waals surface area contributed by atoms with Gasteiger partial charge in [0, 0.05) is 12.3 Å². The Morgan fingerprint density at radius 1 is 0.422 bits per heavy atom. The fourth-order valence-corrected chi connectivity index (χ4v) is 6.85. The normalized spacial score (nSPS) is 14.4. The number of rotatable bonds is 33. The molecular weight excluding hydrogens is 552 g/mol. The van der Waals surface area contributed by atoms with Crippen LogP contribution in [0.3, 0.4) is 0 Å². The molecule has 4 nitrogen and oxygen atoms in total. The van der Waals surface area contributed by atoms with Crippen LogP contribution in [0.5, 0.6) is 0 Å². The molecule has 3 atom stereocenters. The van der Waals surface area contributed by atoms with Gasteiger partial charge in [0.1, 0.15) is 11.6 Å². The van der Waals surface area contributed by atoms with Gasteiger partial charge in [0.05, 0.1) is 67.2 Å². The first-order valence-electron chi connectivity index (χ1n) is 20.0. The van der Waals surface area contributed by atoms with E-state index in [-0.39, 0.29) is 17.5 Å². The van der Waals surface area contributed by atoms with Crippen molar-refractivity contribution >= 4 is 11.6 Å². The molecule has 45 heavy (non-hydrogen) atoms. The number of nitrogens with zero attached hydrogens (tertiary/aromatic N) is 2. The highest BCUT2D eigenvalue weighted by atomic mass is 16.1. The van der Waals surface area contributed by atoms with Crippen molar-refractivity contribution in [3.8, 4) is 0 Å². The molecule has 0 aliphatic heterocycles. The molecule has 0 N–H and O–H groups in total. The molecule has 0 aromatic rings. The van der Waals surface area contributed by atoms with E-state index in [4.69, 9.17) is 0 Å². The number of unbranched alkanes of at least 4 members (excludes halogenated alkanes) is 20. The van der Waals surface area contributed by atoms with Gasteiger partial charge in [0.2, 0.25) is 0 Å². The minimum atomic E-state index is -0.168. The van der Waals surface area contributed by atoms with E-state index < -0.39 is 0 Å². The zero-order valence-corrected chi connectivity index (χ0v) is 32.5. The van der Waals surface area contributed by atoms with Gasteiger partial charge < -0.3 is 8.97 Å². The molecule has 0 saturated carbocycles. The molecule has 268 valence electrons. The summed E-state index contributed by atoms with van der Waals surface area (Å²) in [7, 11) is 13.4. The molecule has 0 spiro atoms. The van der Waals surface area contributed by atoms with Gasteiger partial charge in [-0.2, -0.15) is 0 Å². The van der Waals surface area contributed by atoms with Crippen LogP contribution in [0, 0.1) is 5.92 Å². The largest absolute Gasteiger partial charge is 0.328 e. The molecule has 0 aliphatic rings. The number of quaternary nitrogens is 2. The SMILES string of the molecule is CCCCCCCCCCCCCC(CC(=O)CC(C)C(=O)CC(CCCCCCCCCCCCC)[N+](C)(C)C)[N+](C)(C)C. The van der Waals surface area contributed by atoms with Crippen molar-refractivity contribution in [2.75, 3.05) is 42.3 Å². The Labute approximate surface area is 284 Å². The first kappa shape index (κ1) is 44.3. The lowest BCUT2D eigenvalue weighted by atomic mass is 9.89. The van der Waals surface area contributed by atoms with Gasteiger partial charge in [-0.3, -0.25) is 9.59 Å². The third-order valence-corrected chi connectivity index (χ3v) is 10.5. The van der Waals surface area contributed by atoms with Crippen LogP contribution in [0.1, 0.15) is 194 Å². The fourth-order valence-electron chi connectivity index (χ4n) is 6.85. The molecule has 0 heterocycles. The van der Waals surface area contributed by atoms with Crippen molar-refractivity contribution in [2.45, 2.75) is 206 Å². The van der Waals surface area contributed by atoms with E-state index in [9.17, 15) is 9.59 Å². The zero-order valence-electron chi connectivity index (χ0n) is 32.5. The van der Waals surface area contributed by atoms with Crippen LogP contribution in [-0.4, -0.2) is 74.9 Å². The summed E-state index contributed by atoms with van der Waals surface area (Å²) in [6, 6.07) is 0.687. The van der Waals surface area contributed by atoms with E-state index in [1.54, 1.807) is 0 Å². The molecule has 0 fully saturated rings. The van der Waals surface area contributed by atoms with E-state index in [1.807, 2.05) is 6.92 Å². The fraction of sp³-hybridized carbons (Fsp3) is 0.951. The quantitative estimate of drug-likeness (QED) is 0.0530. The average molecular weight is 637 g/mol. The molecule has 0 bridgehead atoms. The summed E-state index contributed by atoms with van der Waals surface area (Å²) < 4.78 is 1.65. The molecule has 0 aliphatic carbocycles. The molecule has 0 amide bonds. The Kier molecular flexibility index (Phi) is 26.8. The standard InChI is InChI=1S/C41H84N2O2/c1-10-12-14-16-18-20-22-24-26-28-30-32-38(42(4,5)6)35-40(44)34-37(3)41(45)36-39(43(7,8)9)33-31-29-27-25-23-21-19-17-15-13-11-2/h37-39H,10-36H2,1-9H3/q+2. The zero-order chi connectivity index (χ0) is 34.0. The van der Waals surface area contributed by atoms with Gasteiger partial charge in [0.25, 0.3) is 0 Å². The molecule has 0 rings (SSSR count). The summed E-state index contributed by atoms with van der Waals surface area (Å²) in [5.41, 5.74) is 0. The lowest BCUT2D eigenvalue weighted by Crippen LogP contribution is -2.47. The summed E-state index contributed by atoms with van der Waals surface area (Å²) in [4.78, 5) is 26.6. The highest BCUT2D eigenvalue weighted by Gasteiger charge is 2.31. The first-order chi connectivity index (χ1) is 21.3. The molecule has 0 aromatic carbocycles. The van der Waals surface area contributed by atoms with Crippen LogP contribution in [0.4, 0.5) is 0 Å². The maximum Gasteiger partial charge on any atom is 0.142 e. The molecule has 4 heteroatoms. The number of ketones is 2. The van der Waals surface area contributed by atoms with Crippen LogP contribution in [0.15, 0.2) is 0 Å². The Balaban J connectivity index is 4.42. The summed E-state index contributed by atoms with van der Waals surface area (Å²) in [5, 5.41) is 0. The molecular formula is C41H84N2O2+2. The third kappa shape index (κ3) is 26.0. The van der Waals surface area contributed by atoms with E-state index in [0.717, 1.165) is 21.8 Å². The van der Waals surface area contributed by atoms with Gasteiger partial charge in [-0.05, 0) is 25.7 Å². The van der Waals surface area contributed by atoms with Crippen molar-refractivity contribution in [3.05, 3.63) is 0 Å². The summed E-state index contributed by atoms with van der Waals surface area (Å²) in [5.74, 6) is 0.403. The van der Waals surface area contributed by atoms with Gasteiger partial charge in [-0.15, -0.1) is 0 Å². The second-order valence-electron chi connectivity index (χ2n) is 16.7. The Morgan fingerprint density at radius 3 is 1.02 bits per heavy atom. The predicted octanol–water partition coefficient (Wildman–Crippen LogP) is 11.5. The number of Topliss-reactive ketones (excluding diaryl/α,β-unsaturated/α-hetero) is 2. The van der Waals surface area contributed by atoms with Gasteiger partial charge in [0.15, 0.2) is 0 Å². The van der Waals surface area contributed by atoms with Crippen molar-refractivity contribution in [1.82, 2.24) is 0 Å². The summed E-state index contributed by atoms with van der Waals surface area (Å²) in [6.45, 7) is 6.56. The predicted molar refractivity (Wildman–Crippen MR) is 199 cm³/mol. The molecule has 0 aromatic heterocycles. The van der Waals surface area contributed by atoms with Crippen LogP contribution < -0.4 is 0 Å². The van der Waals surface area contributed by atoms with Gasteiger partial charge in [-0.25, -0.2) is 0 Å². The highest BCUT2D eigenvalue weighted by molar-refractivity contribution is 5.88. The molecule has 0 saturated heterocycles. The molecule has 3 unspecified atom stereocenters. The number of carbonyl (C=O) groups excluding carboxylic acids is 2. The summed E-state index contributed by atoms with van der Waals surface area (Å²) >= 11 is 0. The van der Waals surface area contributed by atoms with Crippen molar-refractivity contribution in [3.63, 3.8) is 0 Å². The maximum absolute atomic E-state index is 13.3. The van der Waals surface area contributed by atoms with Gasteiger partial charge in [-0.1, -0.05) is 149 Å². The lowest BCUT2D eigenvalue weighted by molar-refractivity contribution is -0.895. The van der Waals surface area contributed by atoms with E-state index in [0.29, 0.717) is 31.3 Å². The van der Waals surface area contributed by atoms with Crippen molar-refractivity contribution in [2.24, 2.45) is 5.92 Å². The van der Waals surface area contributed by atoms with E-state index >= 15 is 0 Å². The smallest absolute Gasteiger partial charge is 0.142 e. The Morgan fingerprint density at radius 2 is 0.711 bits per heavy atom. The van der Waals surface area contributed by atoms with Crippen LogP contribution in [-0.2, 0) is 9.59 Å². The third-order valence-electron chi connectivity index (χ3n) is 10.5. The van der Waals surface area contributed by atoms with Crippen LogP contribution in [0.2, 0.25) is 0 Å². The monoisotopic (exact) mass is 637 g/mol. The highest BCUT2D eigenvalue weighted by Crippen LogP contribution is 2.23. The number of hydrogen-bond acceptors (Lipinski definition) is 2. The topological polar surface area (TPSA) is 34.1 Å². The minimum Gasteiger partial charge on any atom is -0.328 e. The lowest BCUT2D eigenvalue weighted by Gasteiger charge is -2.35. The van der Waals surface area contributed by atoms with Crippen LogP contribution in [0.25, 0.3) is 0 Å². The summed E-state index contributed by atoms with van der Waals surface area (Å²) in [6.07, 6.45) is 33.6. The number of hydrogen-bond donors (Lipinski definition) is 0. The van der Waals surface area contributed by atoms with Crippen LogP contribution >= 0.6 is 0 Å². The molecule has 0 radical (unpaired) electrons. The van der Waals surface area contributed by atoms with E-state index in [2.05, 4.69) is 56.1 Å². The second kappa shape index (κ2) is 27.2. The van der Waals surface area contributed by atoms with Crippen molar-refractivity contribution in [1.29, 1.82) is 0 Å². The second-order valence-corrected chi connectivity index (χ2v) is 16.7. The first-order valence-corrected chi connectivity index (χ1v) is 20.0. The van der Waals surface area contributed by atoms with Gasteiger partial charge >= 0.3 is 0 Å².